The van der Waals surface area contributed by atoms with Gasteiger partial charge in [-0.1, -0.05) is 0 Å². The van der Waals surface area contributed by atoms with Gasteiger partial charge in [-0.15, -0.1) is 0 Å². The number of hydrogen-bond donors (Lipinski definition) is 1. The van der Waals surface area contributed by atoms with Crippen molar-refractivity contribution in [2.75, 3.05) is 19.6 Å². The van der Waals surface area contributed by atoms with Crippen LogP contribution < -0.4 is 5.32 Å². The fourth-order valence-corrected chi connectivity index (χ4v) is 1.77. The first-order valence-corrected chi connectivity index (χ1v) is 4.73. The molecule has 2 heteroatoms. The summed E-state index contributed by atoms with van der Waals surface area (Å²) in [6.45, 7) is 3.39. The number of piperidine rings is 1. The van der Waals surface area contributed by atoms with E-state index in [1.807, 2.05) is 0 Å². The smallest absolute Gasteiger partial charge is 0.0600 e. The van der Waals surface area contributed by atoms with E-state index in [4.69, 9.17) is 0 Å². The third kappa shape index (κ3) is 1.63. The van der Waals surface area contributed by atoms with Gasteiger partial charge in [0.15, 0.2) is 0 Å². The predicted molar refractivity (Wildman–Crippen MR) is 49.3 cm³/mol. The Morgan fingerprint density at radius 3 is 2.75 bits per heavy atom. The summed E-state index contributed by atoms with van der Waals surface area (Å²) in [6, 6.07) is 0. The minimum Gasteiger partial charge on any atom is -0.380 e. The first-order chi connectivity index (χ1) is 5.97. The van der Waals surface area contributed by atoms with Crippen molar-refractivity contribution >= 4 is 0 Å². The highest BCUT2D eigenvalue weighted by Crippen LogP contribution is 2.15. The Morgan fingerprint density at radius 2 is 2.08 bits per heavy atom. The lowest BCUT2D eigenvalue weighted by Gasteiger charge is -2.30. The molecule has 2 rings (SSSR count). The van der Waals surface area contributed by atoms with Crippen LogP contribution in [-0.2, 0) is 0 Å². The van der Waals surface area contributed by atoms with Crippen LogP contribution >= 0.6 is 0 Å². The van der Waals surface area contributed by atoms with Gasteiger partial charge >= 0.3 is 0 Å². The summed E-state index contributed by atoms with van der Waals surface area (Å²) in [6.07, 6.45) is 11.4. The van der Waals surface area contributed by atoms with E-state index in [0.29, 0.717) is 0 Å². The van der Waals surface area contributed by atoms with Gasteiger partial charge in [-0.25, -0.2) is 0 Å². The highest BCUT2D eigenvalue weighted by atomic mass is 15.1. The summed E-state index contributed by atoms with van der Waals surface area (Å²) in [5, 5.41) is 3.05. The molecule has 65 valence electrons. The van der Waals surface area contributed by atoms with Crippen molar-refractivity contribution in [1.29, 1.82) is 0 Å². The van der Waals surface area contributed by atoms with Crippen molar-refractivity contribution in [3.8, 4) is 0 Å². The van der Waals surface area contributed by atoms with Gasteiger partial charge in [0.2, 0.25) is 0 Å². The molecular formula is C10H15N2. The Balaban J connectivity index is 1.97. The number of rotatable bonds is 1. The van der Waals surface area contributed by atoms with Crippen molar-refractivity contribution in [2.45, 2.75) is 19.3 Å². The molecule has 1 radical (unpaired) electrons. The first-order valence-electron chi connectivity index (χ1n) is 4.73. The van der Waals surface area contributed by atoms with Gasteiger partial charge in [-0.2, -0.15) is 0 Å². The molecule has 2 aliphatic rings. The average Bonchev–Trinajstić information content (AvgIpc) is 2.21. The molecule has 0 unspecified atom stereocenters. The molecule has 0 spiro atoms. The van der Waals surface area contributed by atoms with Gasteiger partial charge < -0.3 is 10.2 Å². The molecule has 0 aromatic carbocycles. The maximum absolute atomic E-state index is 3.05. The lowest BCUT2D eigenvalue weighted by atomic mass is 10.1. The zero-order chi connectivity index (χ0) is 8.23. The minimum atomic E-state index is 0.933. The van der Waals surface area contributed by atoms with E-state index in [2.05, 4.69) is 28.6 Å². The minimum absolute atomic E-state index is 0.933. The molecule has 2 nitrogen and oxygen atoms in total. The van der Waals surface area contributed by atoms with Crippen LogP contribution in [0.2, 0.25) is 0 Å². The summed E-state index contributed by atoms with van der Waals surface area (Å²) in [4.78, 5) is 2.46. The lowest BCUT2D eigenvalue weighted by molar-refractivity contribution is 0.291. The third-order valence-electron chi connectivity index (χ3n) is 2.46. The molecule has 0 atom stereocenters. The van der Waals surface area contributed by atoms with Gasteiger partial charge in [0.25, 0.3) is 0 Å². The van der Waals surface area contributed by atoms with Crippen molar-refractivity contribution < 1.29 is 0 Å². The highest BCUT2D eigenvalue weighted by Gasteiger charge is 2.11. The Bertz CT molecular complexity index is 200. The van der Waals surface area contributed by atoms with Crippen LogP contribution in [0.3, 0.4) is 0 Å². The Hall–Kier alpha value is -0.920. The van der Waals surface area contributed by atoms with E-state index in [1.54, 1.807) is 0 Å². The van der Waals surface area contributed by atoms with E-state index in [1.165, 1.54) is 38.0 Å². The topological polar surface area (TPSA) is 15.3 Å². The fourth-order valence-electron chi connectivity index (χ4n) is 1.77. The van der Waals surface area contributed by atoms with Crippen LogP contribution in [0.5, 0.6) is 0 Å². The van der Waals surface area contributed by atoms with Crippen LogP contribution in [0.25, 0.3) is 0 Å². The number of nitrogens with zero attached hydrogens (tertiary/aromatic N) is 1. The number of hydrogen-bond acceptors (Lipinski definition) is 2. The lowest BCUT2D eigenvalue weighted by Crippen LogP contribution is -2.30. The van der Waals surface area contributed by atoms with Gasteiger partial charge in [0.1, 0.15) is 0 Å². The molecule has 0 bridgehead atoms. The van der Waals surface area contributed by atoms with Crippen LogP contribution in [-0.4, -0.2) is 24.5 Å². The molecule has 2 aliphatic heterocycles. The molecular weight excluding hydrogens is 148 g/mol. The van der Waals surface area contributed by atoms with Crippen molar-refractivity contribution in [2.24, 2.45) is 0 Å². The third-order valence-corrected chi connectivity index (χ3v) is 2.46. The zero-order valence-corrected chi connectivity index (χ0v) is 7.34. The van der Waals surface area contributed by atoms with Crippen LogP contribution in [0.15, 0.2) is 17.8 Å². The van der Waals surface area contributed by atoms with E-state index in [9.17, 15) is 0 Å². The predicted octanol–water partition coefficient (Wildman–Crippen LogP) is 1.28. The largest absolute Gasteiger partial charge is 0.380 e. The molecule has 0 amide bonds. The van der Waals surface area contributed by atoms with Crippen molar-refractivity contribution in [3.63, 3.8) is 0 Å². The van der Waals surface area contributed by atoms with E-state index in [-0.39, 0.29) is 0 Å². The summed E-state index contributed by atoms with van der Waals surface area (Å²) >= 11 is 0. The van der Waals surface area contributed by atoms with Gasteiger partial charge in [-0.3, -0.25) is 0 Å². The monoisotopic (exact) mass is 163 g/mol. The molecule has 12 heavy (non-hydrogen) atoms. The molecule has 0 aromatic heterocycles. The average molecular weight is 163 g/mol. The Labute approximate surface area is 73.9 Å². The second-order valence-corrected chi connectivity index (χ2v) is 3.35. The summed E-state index contributed by atoms with van der Waals surface area (Å²) in [5.41, 5.74) is 1.36. The van der Waals surface area contributed by atoms with Gasteiger partial charge in [-0.05, 0) is 31.4 Å². The maximum Gasteiger partial charge on any atom is 0.0600 e. The summed E-state index contributed by atoms with van der Waals surface area (Å²) < 4.78 is 0. The van der Waals surface area contributed by atoms with E-state index in [0.717, 1.165) is 6.54 Å². The molecule has 1 N–H and O–H groups in total. The summed E-state index contributed by atoms with van der Waals surface area (Å²) in [5.74, 6) is 0. The molecule has 2 heterocycles. The van der Waals surface area contributed by atoms with Crippen LogP contribution in [0.1, 0.15) is 19.3 Å². The van der Waals surface area contributed by atoms with Crippen molar-refractivity contribution in [3.05, 3.63) is 24.0 Å². The standard InChI is InChI=1S/C10H15N2/c1-2-8-12(9-3-1)10-4-6-11-7-5-10/h4-5,11H,1-3,6,8-9H2. The van der Waals surface area contributed by atoms with E-state index < -0.39 is 0 Å². The molecule has 0 aromatic rings. The number of allylic oxidation sites excluding steroid dienone is 1. The van der Waals surface area contributed by atoms with E-state index >= 15 is 0 Å². The van der Waals surface area contributed by atoms with Crippen LogP contribution in [0.4, 0.5) is 0 Å². The number of likely N-dealkylation sites (tertiary alicyclic amines) is 1. The normalized spacial score (nSPS) is 23.3. The summed E-state index contributed by atoms with van der Waals surface area (Å²) in [7, 11) is 0. The SMILES string of the molecule is [C]1=CC(N2CCCCC2)=CCN1. The molecule has 0 aliphatic carbocycles. The molecule has 1 fully saturated rings. The second kappa shape index (κ2) is 3.65. The van der Waals surface area contributed by atoms with Crippen molar-refractivity contribution in [1.82, 2.24) is 10.2 Å². The molecule has 1 saturated heterocycles. The van der Waals surface area contributed by atoms with Gasteiger partial charge in [0, 0.05) is 25.3 Å². The zero-order valence-electron chi connectivity index (χ0n) is 7.34. The number of nitrogens with one attached hydrogen (secondary N) is 1. The maximum atomic E-state index is 3.05. The Morgan fingerprint density at radius 1 is 1.25 bits per heavy atom. The first kappa shape index (κ1) is 7.71. The van der Waals surface area contributed by atoms with Gasteiger partial charge in [0.05, 0.1) is 6.20 Å². The highest BCUT2D eigenvalue weighted by molar-refractivity contribution is 5.19. The fraction of sp³-hybridized carbons (Fsp3) is 0.600. The molecule has 0 saturated carbocycles. The second-order valence-electron chi connectivity index (χ2n) is 3.35. The number of dihydropyridines is 1. The van der Waals surface area contributed by atoms with Crippen LogP contribution in [0, 0.1) is 6.20 Å². The quantitative estimate of drug-likeness (QED) is 0.626. The Kier molecular flexibility index (Phi) is 2.35.